The lowest BCUT2D eigenvalue weighted by Crippen LogP contribution is -2.26. The summed E-state index contributed by atoms with van der Waals surface area (Å²) in [5.41, 5.74) is 8.45. The molecule has 2 heterocycles. The van der Waals surface area contributed by atoms with Gasteiger partial charge in [-0.25, -0.2) is 0 Å². The second kappa shape index (κ2) is 4.89. The molecule has 0 saturated carbocycles. The summed E-state index contributed by atoms with van der Waals surface area (Å²) in [5.74, 6) is 0.953. The van der Waals surface area contributed by atoms with E-state index >= 15 is 0 Å². The zero-order valence-corrected chi connectivity index (χ0v) is 12.2. The van der Waals surface area contributed by atoms with E-state index in [0.29, 0.717) is 11.7 Å². The van der Waals surface area contributed by atoms with Crippen molar-refractivity contribution in [1.29, 1.82) is 0 Å². The summed E-state index contributed by atoms with van der Waals surface area (Å²) < 4.78 is 5.30. The van der Waals surface area contributed by atoms with Gasteiger partial charge in [0.2, 0.25) is 11.7 Å². The van der Waals surface area contributed by atoms with E-state index in [4.69, 9.17) is 10.3 Å². The van der Waals surface area contributed by atoms with Gasteiger partial charge in [-0.3, -0.25) is 9.97 Å². The highest BCUT2D eigenvalue weighted by atomic mass is 16.5. The average molecular weight is 283 g/mol. The molecule has 0 aliphatic carbocycles. The number of aromatic nitrogens is 4. The van der Waals surface area contributed by atoms with Crippen molar-refractivity contribution in [3.8, 4) is 11.4 Å². The minimum Gasteiger partial charge on any atom is -0.337 e. The summed E-state index contributed by atoms with van der Waals surface area (Å²) in [7, 11) is 0. The van der Waals surface area contributed by atoms with Crippen molar-refractivity contribution in [2.45, 2.75) is 26.8 Å². The molecule has 0 bridgehead atoms. The van der Waals surface area contributed by atoms with Gasteiger partial charge in [-0.15, -0.1) is 0 Å². The predicted molar refractivity (Wildman–Crippen MR) is 79.2 cm³/mol. The Kier molecular flexibility index (Phi) is 3.17. The van der Waals surface area contributed by atoms with Gasteiger partial charge >= 0.3 is 0 Å². The van der Waals surface area contributed by atoms with E-state index < -0.39 is 0 Å². The number of nitrogens with zero attached hydrogens (tertiary/aromatic N) is 4. The second-order valence-electron chi connectivity index (χ2n) is 6.06. The van der Waals surface area contributed by atoms with Gasteiger partial charge in [0, 0.05) is 18.0 Å². The molecule has 6 nitrogen and oxygen atoms in total. The molecule has 6 heteroatoms. The van der Waals surface area contributed by atoms with E-state index in [2.05, 4.69) is 20.1 Å². The van der Waals surface area contributed by atoms with Gasteiger partial charge in [-0.1, -0.05) is 25.9 Å². The molecule has 3 aromatic rings. The van der Waals surface area contributed by atoms with Crippen molar-refractivity contribution >= 4 is 11.0 Å². The standard InChI is InChI=1S/C15H17N5O/c1-15(2,3)12(16)14-19-13(20-21-14)9-4-5-10-11(8-9)18-7-6-17-10/h4-8,12H,16H2,1-3H3/t12-/m0/s1. The first-order valence-electron chi connectivity index (χ1n) is 6.75. The van der Waals surface area contributed by atoms with Crippen molar-refractivity contribution in [2.24, 2.45) is 11.1 Å². The van der Waals surface area contributed by atoms with E-state index in [1.165, 1.54) is 0 Å². The zero-order chi connectivity index (χ0) is 15.0. The van der Waals surface area contributed by atoms with Crippen LogP contribution in [0.15, 0.2) is 35.1 Å². The summed E-state index contributed by atoms with van der Waals surface area (Å²) in [5, 5.41) is 4.01. The number of benzene rings is 1. The third-order valence-electron chi connectivity index (χ3n) is 3.37. The molecule has 0 amide bonds. The zero-order valence-electron chi connectivity index (χ0n) is 12.2. The van der Waals surface area contributed by atoms with Gasteiger partial charge in [-0.2, -0.15) is 4.98 Å². The number of hydrogen-bond acceptors (Lipinski definition) is 6. The Bertz CT molecular complexity index is 775. The highest BCUT2D eigenvalue weighted by Crippen LogP contribution is 2.30. The van der Waals surface area contributed by atoms with Crippen LogP contribution in [0.2, 0.25) is 0 Å². The van der Waals surface area contributed by atoms with Crippen LogP contribution in [0, 0.1) is 5.41 Å². The minimum atomic E-state index is -0.306. The normalized spacial score (nSPS) is 13.5. The Morgan fingerprint density at radius 1 is 1.10 bits per heavy atom. The van der Waals surface area contributed by atoms with E-state index in [9.17, 15) is 0 Å². The molecule has 0 spiro atoms. The smallest absolute Gasteiger partial charge is 0.244 e. The number of nitrogens with two attached hydrogens (primary N) is 1. The van der Waals surface area contributed by atoms with Gasteiger partial charge in [0.1, 0.15) is 0 Å². The summed E-state index contributed by atoms with van der Waals surface area (Å²) >= 11 is 0. The Balaban J connectivity index is 1.98. The molecule has 2 N–H and O–H groups in total. The number of fused-ring (bicyclic) bond motifs is 1. The van der Waals surface area contributed by atoms with E-state index in [0.717, 1.165) is 16.6 Å². The number of rotatable bonds is 2. The Labute approximate surface area is 122 Å². The fourth-order valence-corrected chi connectivity index (χ4v) is 1.95. The van der Waals surface area contributed by atoms with Gasteiger partial charge in [0.05, 0.1) is 17.1 Å². The minimum absolute atomic E-state index is 0.140. The monoisotopic (exact) mass is 283 g/mol. The van der Waals surface area contributed by atoms with Gasteiger partial charge < -0.3 is 10.3 Å². The Morgan fingerprint density at radius 2 is 1.81 bits per heavy atom. The molecule has 3 rings (SSSR count). The molecule has 0 saturated heterocycles. The lowest BCUT2D eigenvalue weighted by molar-refractivity contribution is 0.253. The maximum absolute atomic E-state index is 6.14. The molecular weight excluding hydrogens is 266 g/mol. The molecule has 0 unspecified atom stereocenters. The van der Waals surface area contributed by atoms with Crippen LogP contribution in [-0.4, -0.2) is 20.1 Å². The van der Waals surface area contributed by atoms with Crippen molar-refractivity contribution in [1.82, 2.24) is 20.1 Å². The van der Waals surface area contributed by atoms with E-state index in [-0.39, 0.29) is 11.5 Å². The summed E-state index contributed by atoms with van der Waals surface area (Å²) in [6.07, 6.45) is 3.32. The van der Waals surface area contributed by atoms with Gasteiger partial charge in [0.15, 0.2) is 0 Å². The highest BCUT2D eigenvalue weighted by molar-refractivity contribution is 5.79. The fourth-order valence-electron chi connectivity index (χ4n) is 1.95. The molecule has 0 fully saturated rings. The fraction of sp³-hybridized carbons (Fsp3) is 0.333. The maximum Gasteiger partial charge on any atom is 0.244 e. The van der Waals surface area contributed by atoms with E-state index in [1.54, 1.807) is 12.4 Å². The van der Waals surface area contributed by atoms with Crippen LogP contribution in [0.25, 0.3) is 22.4 Å². The second-order valence-corrected chi connectivity index (χ2v) is 6.06. The first kappa shape index (κ1) is 13.6. The molecular formula is C15H17N5O. The molecule has 0 radical (unpaired) electrons. The van der Waals surface area contributed by atoms with Crippen molar-refractivity contribution in [3.05, 3.63) is 36.5 Å². The molecule has 0 aliphatic rings. The van der Waals surface area contributed by atoms with Crippen LogP contribution in [0.1, 0.15) is 32.7 Å². The quantitative estimate of drug-likeness (QED) is 0.777. The highest BCUT2D eigenvalue weighted by Gasteiger charge is 2.27. The Hall–Kier alpha value is -2.34. The van der Waals surface area contributed by atoms with Gasteiger partial charge in [0.25, 0.3) is 0 Å². The molecule has 108 valence electrons. The number of hydrogen-bond donors (Lipinski definition) is 1. The first-order valence-corrected chi connectivity index (χ1v) is 6.75. The molecule has 0 aliphatic heterocycles. The first-order chi connectivity index (χ1) is 9.95. The SMILES string of the molecule is CC(C)(C)[C@@H](N)c1nc(-c2ccc3nccnc3c2)no1. The van der Waals surface area contributed by atoms with Crippen LogP contribution < -0.4 is 5.73 Å². The molecule has 2 aromatic heterocycles. The predicted octanol–water partition coefficient (Wildman–Crippen LogP) is 2.73. The van der Waals surface area contributed by atoms with Crippen LogP contribution in [0.5, 0.6) is 0 Å². The van der Waals surface area contributed by atoms with Gasteiger partial charge in [-0.05, 0) is 23.6 Å². The van der Waals surface area contributed by atoms with Crippen molar-refractivity contribution in [3.63, 3.8) is 0 Å². The Morgan fingerprint density at radius 3 is 2.52 bits per heavy atom. The molecule has 21 heavy (non-hydrogen) atoms. The lowest BCUT2D eigenvalue weighted by Gasteiger charge is -2.23. The largest absolute Gasteiger partial charge is 0.337 e. The topological polar surface area (TPSA) is 90.7 Å². The summed E-state index contributed by atoms with van der Waals surface area (Å²) in [6.45, 7) is 6.10. The third-order valence-corrected chi connectivity index (χ3v) is 3.37. The maximum atomic E-state index is 6.14. The summed E-state index contributed by atoms with van der Waals surface area (Å²) in [6, 6.07) is 5.37. The van der Waals surface area contributed by atoms with Crippen LogP contribution in [0.4, 0.5) is 0 Å². The van der Waals surface area contributed by atoms with Crippen LogP contribution >= 0.6 is 0 Å². The van der Waals surface area contributed by atoms with E-state index in [1.807, 2.05) is 39.0 Å². The molecule has 1 aromatic carbocycles. The van der Waals surface area contributed by atoms with Crippen LogP contribution in [-0.2, 0) is 0 Å². The average Bonchev–Trinajstić information content (AvgIpc) is 2.94. The lowest BCUT2D eigenvalue weighted by atomic mass is 9.87. The summed E-state index contributed by atoms with van der Waals surface area (Å²) in [4.78, 5) is 12.9. The molecule has 1 atom stereocenters. The van der Waals surface area contributed by atoms with Crippen LogP contribution in [0.3, 0.4) is 0 Å². The van der Waals surface area contributed by atoms with Crippen molar-refractivity contribution < 1.29 is 4.52 Å². The van der Waals surface area contributed by atoms with Crippen molar-refractivity contribution in [2.75, 3.05) is 0 Å². The third kappa shape index (κ3) is 2.62.